The van der Waals surface area contributed by atoms with Gasteiger partial charge in [0, 0.05) is 10.0 Å². The van der Waals surface area contributed by atoms with E-state index in [4.69, 9.17) is 23.2 Å². The number of amides is 1. The highest BCUT2D eigenvalue weighted by Gasteiger charge is 2.20. The Morgan fingerprint density at radius 3 is 2.70 bits per heavy atom. The van der Waals surface area contributed by atoms with Crippen LogP contribution in [0.4, 0.5) is 0 Å². The van der Waals surface area contributed by atoms with E-state index >= 15 is 0 Å². The predicted molar refractivity (Wildman–Crippen MR) is 85.9 cm³/mol. The van der Waals surface area contributed by atoms with Gasteiger partial charge in [-0.25, -0.2) is 0 Å². The van der Waals surface area contributed by atoms with Crippen molar-refractivity contribution < 1.29 is 4.79 Å². The highest BCUT2D eigenvalue weighted by atomic mass is 35.5. The lowest BCUT2D eigenvalue weighted by molar-refractivity contribution is -0.120. The molecule has 0 aromatic heterocycles. The Balaban J connectivity index is 0.00000200. The van der Waals surface area contributed by atoms with E-state index in [0.29, 0.717) is 16.6 Å². The number of hydrogen-bond donors (Lipinski definition) is 2. The van der Waals surface area contributed by atoms with Crippen molar-refractivity contribution >= 4 is 41.5 Å². The summed E-state index contributed by atoms with van der Waals surface area (Å²) in [4.78, 5) is 11.8. The average Bonchev–Trinajstić information content (AvgIpc) is 3.12. The predicted octanol–water partition coefficient (Wildman–Crippen LogP) is 3.59. The molecular weight excluding hydrogens is 319 g/mol. The number of rotatable bonds is 6. The number of halogens is 3. The molecule has 0 aliphatic heterocycles. The van der Waals surface area contributed by atoms with Crippen LogP contribution in [0.5, 0.6) is 0 Å². The van der Waals surface area contributed by atoms with Gasteiger partial charge in [0.2, 0.25) is 5.91 Å². The monoisotopic (exact) mass is 336 g/mol. The summed E-state index contributed by atoms with van der Waals surface area (Å²) >= 11 is 12.0. The summed E-state index contributed by atoms with van der Waals surface area (Å²) in [6.45, 7) is 3.20. The lowest BCUT2D eigenvalue weighted by atomic mass is 10.1. The van der Waals surface area contributed by atoms with Crippen LogP contribution in [-0.4, -0.2) is 19.0 Å². The van der Waals surface area contributed by atoms with Gasteiger partial charge in [-0.1, -0.05) is 29.3 Å². The Labute approximate surface area is 135 Å². The number of carbonyl (C=O) groups excluding carboxylic acids is 1. The van der Waals surface area contributed by atoms with E-state index in [2.05, 4.69) is 10.6 Å². The first kappa shape index (κ1) is 17.6. The molecule has 0 saturated heterocycles. The molecule has 0 spiro atoms. The van der Waals surface area contributed by atoms with Gasteiger partial charge in [0.15, 0.2) is 0 Å². The molecular formula is C14H19Cl3N2O. The number of carbonyl (C=O) groups is 1. The van der Waals surface area contributed by atoms with Crippen LogP contribution in [0, 0.1) is 5.92 Å². The lowest BCUT2D eigenvalue weighted by Crippen LogP contribution is -2.36. The van der Waals surface area contributed by atoms with Crippen LogP contribution >= 0.6 is 35.6 Å². The molecule has 0 bridgehead atoms. The molecule has 0 radical (unpaired) electrons. The van der Waals surface area contributed by atoms with Crippen LogP contribution in [0.3, 0.4) is 0 Å². The minimum absolute atomic E-state index is 0. The summed E-state index contributed by atoms with van der Waals surface area (Å²) in [7, 11) is 0. The third-order valence-electron chi connectivity index (χ3n) is 3.22. The molecule has 1 aromatic carbocycles. The molecule has 1 aliphatic rings. The van der Waals surface area contributed by atoms with Crippen LogP contribution in [0.1, 0.15) is 31.4 Å². The van der Waals surface area contributed by atoms with E-state index in [0.717, 1.165) is 18.0 Å². The Bertz CT molecular complexity index is 464. The van der Waals surface area contributed by atoms with Crippen molar-refractivity contribution in [3.05, 3.63) is 33.8 Å². The van der Waals surface area contributed by atoms with Gasteiger partial charge in [0.25, 0.3) is 0 Å². The van der Waals surface area contributed by atoms with Crippen molar-refractivity contribution in [2.45, 2.75) is 25.8 Å². The molecule has 2 rings (SSSR count). The van der Waals surface area contributed by atoms with Gasteiger partial charge >= 0.3 is 0 Å². The SMILES string of the molecule is CC(NC(=O)CNCC1CC1)c1ccc(Cl)cc1Cl.Cl. The first-order valence-electron chi connectivity index (χ1n) is 6.51. The Hall–Kier alpha value is -0.480. The van der Waals surface area contributed by atoms with Crippen LogP contribution in [-0.2, 0) is 4.79 Å². The van der Waals surface area contributed by atoms with E-state index in [-0.39, 0.29) is 24.4 Å². The van der Waals surface area contributed by atoms with E-state index in [9.17, 15) is 4.79 Å². The second-order valence-corrected chi connectivity index (χ2v) is 5.87. The molecule has 1 aromatic rings. The third-order valence-corrected chi connectivity index (χ3v) is 3.78. The van der Waals surface area contributed by atoms with Gasteiger partial charge in [-0.15, -0.1) is 12.4 Å². The molecule has 2 N–H and O–H groups in total. The molecule has 1 unspecified atom stereocenters. The van der Waals surface area contributed by atoms with Gasteiger partial charge in [-0.2, -0.15) is 0 Å². The summed E-state index contributed by atoms with van der Waals surface area (Å²) in [5.41, 5.74) is 0.876. The minimum Gasteiger partial charge on any atom is -0.348 e. The molecule has 1 atom stereocenters. The van der Waals surface area contributed by atoms with Crippen LogP contribution in [0.15, 0.2) is 18.2 Å². The maximum atomic E-state index is 11.8. The van der Waals surface area contributed by atoms with Gasteiger partial charge in [0.05, 0.1) is 12.6 Å². The van der Waals surface area contributed by atoms with Gasteiger partial charge in [-0.3, -0.25) is 4.79 Å². The average molecular weight is 338 g/mol. The van der Waals surface area contributed by atoms with Crippen molar-refractivity contribution in [3.8, 4) is 0 Å². The maximum absolute atomic E-state index is 11.8. The second-order valence-electron chi connectivity index (χ2n) is 5.03. The summed E-state index contributed by atoms with van der Waals surface area (Å²) < 4.78 is 0. The lowest BCUT2D eigenvalue weighted by Gasteiger charge is -2.16. The first-order chi connectivity index (χ1) is 9.06. The third kappa shape index (κ3) is 5.49. The van der Waals surface area contributed by atoms with Crippen molar-refractivity contribution in [2.24, 2.45) is 5.92 Å². The van der Waals surface area contributed by atoms with Gasteiger partial charge in [0.1, 0.15) is 0 Å². The fraction of sp³-hybridized carbons (Fsp3) is 0.500. The maximum Gasteiger partial charge on any atom is 0.234 e. The second kappa shape index (κ2) is 8.08. The van der Waals surface area contributed by atoms with E-state index in [1.54, 1.807) is 12.1 Å². The van der Waals surface area contributed by atoms with E-state index < -0.39 is 0 Å². The zero-order valence-corrected chi connectivity index (χ0v) is 13.6. The smallest absolute Gasteiger partial charge is 0.234 e. The molecule has 20 heavy (non-hydrogen) atoms. The molecule has 1 fully saturated rings. The number of benzene rings is 1. The first-order valence-corrected chi connectivity index (χ1v) is 7.27. The Kier molecular flexibility index (Phi) is 7.10. The van der Waals surface area contributed by atoms with Crippen LogP contribution < -0.4 is 10.6 Å². The van der Waals surface area contributed by atoms with Crippen LogP contribution in [0.25, 0.3) is 0 Å². The number of hydrogen-bond acceptors (Lipinski definition) is 2. The molecule has 0 heterocycles. The van der Waals surface area contributed by atoms with Gasteiger partial charge in [-0.05, 0) is 49.9 Å². The summed E-state index contributed by atoms with van der Waals surface area (Å²) in [6.07, 6.45) is 2.57. The molecule has 6 heteroatoms. The minimum atomic E-state index is -0.125. The Morgan fingerprint density at radius 2 is 2.10 bits per heavy atom. The molecule has 3 nitrogen and oxygen atoms in total. The fourth-order valence-corrected chi connectivity index (χ4v) is 2.51. The van der Waals surface area contributed by atoms with Crippen molar-refractivity contribution in [1.29, 1.82) is 0 Å². The van der Waals surface area contributed by atoms with E-state index in [1.807, 2.05) is 13.0 Å². The van der Waals surface area contributed by atoms with Crippen LogP contribution in [0.2, 0.25) is 10.0 Å². The summed E-state index contributed by atoms with van der Waals surface area (Å²) in [5.74, 6) is 0.759. The zero-order chi connectivity index (χ0) is 13.8. The summed E-state index contributed by atoms with van der Waals surface area (Å²) in [6, 6.07) is 5.18. The van der Waals surface area contributed by atoms with Gasteiger partial charge < -0.3 is 10.6 Å². The zero-order valence-electron chi connectivity index (χ0n) is 11.3. The highest BCUT2D eigenvalue weighted by molar-refractivity contribution is 6.35. The summed E-state index contributed by atoms with van der Waals surface area (Å²) in [5, 5.41) is 7.25. The standard InChI is InChI=1S/C14H18Cl2N2O.ClH/c1-9(12-5-4-11(15)6-13(12)16)18-14(19)8-17-7-10-2-3-10;/h4-6,9-10,17H,2-3,7-8H2,1H3,(H,18,19);1H. The fourth-order valence-electron chi connectivity index (χ4n) is 1.93. The molecule has 1 aliphatic carbocycles. The molecule has 1 amide bonds. The molecule has 112 valence electrons. The topological polar surface area (TPSA) is 41.1 Å². The van der Waals surface area contributed by atoms with Crippen molar-refractivity contribution in [1.82, 2.24) is 10.6 Å². The normalized spacial score (nSPS) is 15.3. The Morgan fingerprint density at radius 1 is 1.40 bits per heavy atom. The van der Waals surface area contributed by atoms with E-state index in [1.165, 1.54) is 12.8 Å². The van der Waals surface area contributed by atoms with Crippen molar-refractivity contribution in [3.63, 3.8) is 0 Å². The van der Waals surface area contributed by atoms with Crippen molar-refractivity contribution in [2.75, 3.05) is 13.1 Å². The number of nitrogens with one attached hydrogen (secondary N) is 2. The quantitative estimate of drug-likeness (QED) is 0.833. The largest absolute Gasteiger partial charge is 0.348 e. The molecule has 1 saturated carbocycles. The highest BCUT2D eigenvalue weighted by Crippen LogP contribution is 2.27.